The van der Waals surface area contributed by atoms with E-state index in [1.165, 1.54) is 0 Å². The number of nitrogens with one attached hydrogen (secondary N) is 1. The Kier molecular flexibility index (Phi) is 6.17. The van der Waals surface area contributed by atoms with Crippen molar-refractivity contribution in [3.8, 4) is 17.2 Å². The maximum Gasteiger partial charge on any atom is 0.255 e. The second kappa shape index (κ2) is 9.15. The third kappa shape index (κ3) is 4.46. The van der Waals surface area contributed by atoms with Gasteiger partial charge in [-0.1, -0.05) is 18.2 Å². The molecule has 2 heterocycles. The van der Waals surface area contributed by atoms with Gasteiger partial charge in [0.1, 0.15) is 19.0 Å². The molecule has 1 atom stereocenters. The molecule has 2 aliphatic rings. The Hall–Kier alpha value is -2.77. The van der Waals surface area contributed by atoms with Crippen molar-refractivity contribution in [2.75, 3.05) is 53.2 Å². The van der Waals surface area contributed by atoms with E-state index >= 15 is 0 Å². The number of para-hydroxylation sites is 1. The minimum Gasteiger partial charge on any atom is -0.497 e. The number of benzene rings is 2. The Morgan fingerprint density at radius 1 is 1.07 bits per heavy atom. The summed E-state index contributed by atoms with van der Waals surface area (Å²) >= 11 is 0. The molecule has 2 aromatic carbocycles. The summed E-state index contributed by atoms with van der Waals surface area (Å²) in [5.74, 6) is 1.78. The number of amides is 1. The number of hydrogen-bond donors (Lipinski definition) is 1. The van der Waals surface area contributed by atoms with Gasteiger partial charge in [-0.2, -0.15) is 0 Å². The van der Waals surface area contributed by atoms with Crippen molar-refractivity contribution in [3.05, 3.63) is 53.6 Å². The molecule has 1 unspecified atom stereocenters. The van der Waals surface area contributed by atoms with E-state index in [1.807, 2.05) is 36.4 Å². The summed E-state index contributed by atoms with van der Waals surface area (Å²) in [6.07, 6.45) is 0. The average Bonchev–Trinajstić information content (AvgIpc) is 2.80. The molecular formula is C22H26N2O5. The molecule has 0 saturated carbocycles. The van der Waals surface area contributed by atoms with Crippen molar-refractivity contribution in [1.82, 2.24) is 10.2 Å². The Bertz CT molecular complexity index is 834. The van der Waals surface area contributed by atoms with E-state index in [4.69, 9.17) is 18.9 Å². The number of methoxy groups -OCH3 is 1. The fraction of sp³-hybridized carbons (Fsp3) is 0.409. The molecule has 2 aromatic rings. The molecule has 29 heavy (non-hydrogen) atoms. The molecule has 1 N–H and O–H groups in total. The van der Waals surface area contributed by atoms with Crippen LogP contribution in [0.15, 0.2) is 42.5 Å². The zero-order chi connectivity index (χ0) is 20.1. The van der Waals surface area contributed by atoms with Gasteiger partial charge >= 0.3 is 0 Å². The van der Waals surface area contributed by atoms with E-state index < -0.39 is 0 Å². The largest absolute Gasteiger partial charge is 0.497 e. The lowest BCUT2D eigenvalue weighted by atomic mass is 10.0. The van der Waals surface area contributed by atoms with Crippen LogP contribution in [0.3, 0.4) is 0 Å². The summed E-state index contributed by atoms with van der Waals surface area (Å²) in [6, 6.07) is 13.4. The summed E-state index contributed by atoms with van der Waals surface area (Å²) in [5, 5.41) is 3.09. The highest BCUT2D eigenvalue weighted by Gasteiger charge is 2.25. The van der Waals surface area contributed by atoms with Crippen molar-refractivity contribution in [3.63, 3.8) is 0 Å². The van der Waals surface area contributed by atoms with Gasteiger partial charge in [0.25, 0.3) is 5.91 Å². The van der Waals surface area contributed by atoms with Crippen LogP contribution in [0.5, 0.6) is 17.2 Å². The highest BCUT2D eigenvalue weighted by molar-refractivity contribution is 5.97. The van der Waals surface area contributed by atoms with E-state index in [9.17, 15) is 4.79 Å². The number of rotatable bonds is 6. The smallest absolute Gasteiger partial charge is 0.255 e. The number of carbonyl (C=O) groups excluding carboxylic acids is 1. The topological polar surface area (TPSA) is 69.3 Å². The van der Waals surface area contributed by atoms with Gasteiger partial charge in [-0.05, 0) is 29.8 Å². The van der Waals surface area contributed by atoms with Gasteiger partial charge in [0, 0.05) is 19.6 Å². The van der Waals surface area contributed by atoms with Gasteiger partial charge in [-0.3, -0.25) is 9.69 Å². The van der Waals surface area contributed by atoms with Gasteiger partial charge in [0.15, 0.2) is 11.5 Å². The molecule has 0 radical (unpaired) electrons. The second-order valence-electron chi connectivity index (χ2n) is 6.98. The summed E-state index contributed by atoms with van der Waals surface area (Å²) in [7, 11) is 1.65. The highest BCUT2D eigenvalue weighted by atomic mass is 16.6. The summed E-state index contributed by atoms with van der Waals surface area (Å²) in [5.41, 5.74) is 1.63. The Morgan fingerprint density at radius 3 is 2.59 bits per heavy atom. The minimum absolute atomic E-state index is 0.0467. The Morgan fingerprint density at radius 2 is 1.83 bits per heavy atom. The van der Waals surface area contributed by atoms with Crippen molar-refractivity contribution in [2.45, 2.75) is 6.04 Å². The molecule has 0 aromatic heterocycles. The summed E-state index contributed by atoms with van der Waals surface area (Å²) in [6.45, 7) is 4.45. The first kappa shape index (κ1) is 19.5. The number of ether oxygens (including phenoxy) is 4. The van der Waals surface area contributed by atoms with Crippen molar-refractivity contribution in [1.29, 1.82) is 0 Å². The first-order valence-electron chi connectivity index (χ1n) is 9.89. The maximum atomic E-state index is 12.9. The van der Waals surface area contributed by atoms with Crippen LogP contribution in [0.1, 0.15) is 22.0 Å². The highest BCUT2D eigenvalue weighted by Crippen LogP contribution is 2.33. The van der Waals surface area contributed by atoms with Crippen LogP contribution in [0.4, 0.5) is 0 Å². The third-order valence-corrected chi connectivity index (χ3v) is 5.25. The molecule has 1 fully saturated rings. The van der Waals surface area contributed by atoms with Gasteiger partial charge in [0.05, 0.1) is 31.9 Å². The normalized spacial score (nSPS) is 17.4. The summed E-state index contributed by atoms with van der Waals surface area (Å²) < 4.78 is 22.0. The molecule has 7 heteroatoms. The van der Waals surface area contributed by atoms with E-state index in [0.717, 1.165) is 24.4 Å². The van der Waals surface area contributed by atoms with Gasteiger partial charge in [0.2, 0.25) is 0 Å². The van der Waals surface area contributed by atoms with Gasteiger partial charge in [-0.25, -0.2) is 0 Å². The molecule has 2 aliphatic heterocycles. The maximum absolute atomic E-state index is 12.9. The molecular weight excluding hydrogens is 372 g/mol. The van der Waals surface area contributed by atoms with Gasteiger partial charge in [-0.15, -0.1) is 0 Å². The first-order valence-corrected chi connectivity index (χ1v) is 9.89. The molecule has 7 nitrogen and oxygen atoms in total. The van der Waals surface area contributed by atoms with E-state index in [0.29, 0.717) is 50.0 Å². The van der Waals surface area contributed by atoms with Crippen LogP contribution in [0.2, 0.25) is 0 Å². The lowest BCUT2D eigenvalue weighted by molar-refractivity contribution is 0.0162. The molecule has 0 aliphatic carbocycles. The van der Waals surface area contributed by atoms with Crippen LogP contribution >= 0.6 is 0 Å². The first-order chi connectivity index (χ1) is 14.3. The van der Waals surface area contributed by atoms with Gasteiger partial charge < -0.3 is 24.3 Å². The molecule has 1 saturated heterocycles. The number of hydrogen-bond acceptors (Lipinski definition) is 6. The van der Waals surface area contributed by atoms with Crippen LogP contribution in [0, 0.1) is 0 Å². The Labute approximate surface area is 170 Å². The van der Waals surface area contributed by atoms with Crippen LogP contribution in [-0.2, 0) is 4.74 Å². The predicted octanol–water partition coefficient (Wildman–Crippen LogP) is 2.27. The van der Waals surface area contributed by atoms with Crippen molar-refractivity contribution >= 4 is 5.91 Å². The summed E-state index contributed by atoms with van der Waals surface area (Å²) in [4.78, 5) is 15.3. The van der Waals surface area contributed by atoms with Crippen molar-refractivity contribution < 1.29 is 23.7 Å². The molecule has 0 spiro atoms. The SMILES string of the molecule is COc1ccc(C(CNC(=O)c2cccc3c2OCCO3)N2CCOCC2)cc1. The zero-order valence-electron chi connectivity index (χ0n) is 16.6. The Balaban J connectivity index is 1.51. The van der Waals surface area contributed by atoms with Crippen molar-refractivity contribution in [2.24, 2.45) is 0 Å². The zero-order valence-corrected chi connectivity index (χ0v) is 16.6. The quantitative estimate of drug-likeness (QED) is 0.805. The average molecular weight is 398 g/mol. The van der Waals surface area contributed by atoms with E-state index in [1.54, 1.807) is 13.2 Å². The number of morpholine rings is 1. The molecule has 0 bridgehead atoms. The third-order valence-electron chi connectivity index (χ3n) is 5.25. The number of carbonyl (C=O) groups is 1. The minimum atomic E-state index is -0.167. The van der Waals surface area contributed by atoms with Crippen LogP contribution < -0.4 is 19.5 Å². The van der Waals surface area contributed by atoms with E-state index in [-0.39, 0.29) is 11.9 Å². The fourth-order valence-corrected chi connectivity index (χ4v) is 3.71. The molecule has 154 valence electrons. The number of nitrogens with zero attached hydrogens (tertiary/aromatic N) is 1. The van der Waals surface area contributed by atoms with E-state index in [2.05, 4.69) is 10.2 Å². The second-order valence-corrected chi connectivity index (χ2v) is 6.98. The predicted molar refractivity (Wildman–Crippen MR) is 108 cm³/mol. The molecule has 1 amide bonds. The standard InChI is InChI=1S/C22H26N2O5/c1-26-17-7-5-16(6-8-17)19(24-9-11-27-12-10-24)15-23-22(25)18-3-2-4-20-21(18)29-14-13-28-20/h2-8,19H,9-15H2,1H3,(H,23,25). The monoisotopic (exact) mass is 398 g/mol. The lowest BCUT2D eigenvalue weighted by Crippen LogP contribution is -2.43. The number of fused-ring (bicyclic) bond motifs is 1. The fourth-order valence-electron chi connectivity index (χ4n) is 3.71. The van der Waals surface area contributed by atoms with Crippen LogP contribution in [0.25, 0.3) is 0 Å². The molecule has 4 rings (SSSR count). The lowest BCUT2D eigenvalue weighted by Gasteiger charge is -2.35. The van der Waals surface area contributed by atoms with Crippen LogP contribution in [-0.4, -0.2) is 64.0 Å².